The zero-order valence-electron chi connectivity index (χ0n) is 9.18. The van der Waals surface area contributed by atoms with E-state index in [0.29, 0.717) is 12.2 Å². The van der Waals surface area contributed by atoms with E-state index in [1.165, 1.54) is 24.3 Å². The molecule has 0 saturated carbocycles. The van der Waals surface area contributed by atoms with Crippen LogP contribution in [0.1, 0.15) is 5.56 Å². The van der Waals surface area contributed by atoms with Crippen LogP contribution in [0.15, 0.2) is 36.4 Å². The first-order valence-electron chi connectivity index (χ1n) is 5.19. The van der Waals surface area contributed by atoms with E-state index >= 15 is 0 Å². The van der Waals surface area contributed by atoms with Crippen LogP contribution >= 0.6 is 23.2 Å². The first kappa shape index (κ1) is 13.1. The first-order chi connectivity index (χ1) is 8.56. The van der Waals surface area contributed by atoms with Crippen molar-refractivity contribution in [2.45, 2.75) is 6.54 Å². The summed E-state index contributed by atoms with van der Waals surface area (Å²) in [6.07, 6.45) is 0. The van der Waals surface area contributed by atoms with Gasteiger partial charge in [-0.3, -0.25) is 0 Å². The summed E-state index contributed by atoms with van der Waals surface area (Å²) in [5, 5.41) is 3.17. The van der Waals surface area contributed by atoms with Crippen LogP contribution in [0.5, 0.6) is 0 Å². The third-order valence-corrected chi connectivity index (χ3v) is 2.98. The van der Waals surface area contributed by atoms with E-state index in [9.17, 15) is 8.78 Å². The molecule has 0 aliphatic carbocycles. The largest absolute Gasteiger partial charge is 0.381 e. The Labute approximate surface area is 113 Å². The Morgan fingerprint density at radius 3 is 2.11 bits per heavy atom. The molecular formula is C13H9Cl2F2N. The SMILES string of the molecule is Fc1ccc(CNc2ccc(F)c(Cl)c2)cc1Cl. The fraction of sp³-hybridized carbons (Fsp3) is 0.0769. The molecule has 0 spiro atoms. The van der Waals surface area contributed by atoms with E-state index in [2.05, 4.69) is 5.32 Å². The standard InChI is InChI=1S/C13H9Cl2F2N/c14-10-5-8(1-3-12(10)16)7-18-9-2-4-13(17)11(15)6-9/h1-6,18H,7H2. The molecule has 94 valence electrons. The summed E-state index contributed by atoms with van der Waals surface area (Å²) in [6.45, 7) is 0.446. The fourth-order valence-electron chi connectivity index (χ4n) is 1.46. The van der Waals surface area contributed by atoms with Gasteiger partial charge in [-0.2, -0.15) is 0 Å². The van der Waals surface area contributed by atoms with Crippen LogP contribution in [0, 0.1) is 11.6 Å². The molecule has 18 heavy (non-hydrogen) atoms. The van der Waals surface area contributed by atoms with E-state index < -0.39 is 11.6 Å². The Morgan fingerprint density at radius 2 is 1.50 bits per heavy atom. The average Bonchev–Trinajstić information content (AvgIpc) is 2.35. The Bertz CT molecular complexity index is 521. The molecule has 2 rings (SSSR count). The monoisotopic (exact) mass is 287 g/mol. The van der Waals surface area contributed by atoms with E-state index in [1.807, 2.05) is 0 Å². The summed E-state index contributed by atoms with van der Waals surface area (Å²) in [4.78, 5) is 0. The molecule has 0 saturated heterocycles. The first-order valence-corrected chi connectivity index (χ1v) is 5.95. The van der Waals surface area contributed by atoms with Crippen molar-refractivity contribution in [1.29, 1.82) is 0 Å². The molecule has 0 aliphatic rings. The average molecular weight is 288 g/mol. The minimum Gasteiger partial charge on any atom is -0.381 e. The Hall–Kier alpha value is -1.32. The van der Waals surface area contributed by atoms with Crippen molar-refractivity contribution in [3.05, 3.63) is 63.6 Å². The van der Waals surface area contributed by atoms with Crippen LogP contribution in [0.4, 0.5) is 14.5 Å². The van der Waals surface area contributed by atoms with E-state index in [1.54, 1.807) is 12.1 Å². The molecule has 0 amide bonds. The lowest BCUT2D eigenvalue weighted by Gasteiger charge is -2.07. The number of anilines is 1. The van der Waals surface area contributed by atoms with Gasteiger partial charge in [-0.25, -0.2) is 8.78 Å². The van der Waals surface area contributed by atoms with Gasteiger partial charge in [0, 0.05) is 12.2 Å². The molecule has 2 aromatic rings. The molecule has 0 fully saturated rings. The number of hydrogen-bond donors (Lipinski definition) is 1. The molecular weight excluding hydrogens is 279 g/mol. The van der Waals surface area contributed by atoms with Gasteiger partial charge >= 0.3 is 0 Å². The second-order valence-corrected chi connectivity index (χ2v) is 4.55. The summed E-state index contributed by atoms with van der Waals surface area (Å²) >= 11 is 11.3. The van der Waals surface area contributed by atoms with E-state index in [-0.39, 0.29) is 10.0 Å². The van der Waals surface area contributed by atoms with Gasteiger partial charge in [-0.05, 0) is 35.9 Å². The zero-order chi connectivity index (χ0) is 13.1. The quantitative estimate of drug-likeness (QED) is 0.848. The highest BCUT2D eigenvalue weighted by molar-refractivity contribution is 6.31. The van der Waals surface area contributed by atoms with Crippen molar-refractivity contribution in [2.75, 3.05) is 5.32 Å². The number of rotatable bonds is 3. The molecule has 0 bridgehead atoms. The summed E-state index contributed by atoms with van der Waals surface area (Å²) in [5.74, 6) is -0.919. The topological polar surface area (TPSA) is 12.0 Å². The van der Waals surface area contributed by atoms with Gasteiger partial charge in [-0.1, -0.05) is 29.3 Å². The second kappa shape index (κ2) is 5.55. The maximum atomic E-state index is 12.9. The number of hydrogen-bond acceptors (Lipinski definition) is 1. The highest BCUT2D eigenvalue weighted by Crippen LogP contribution is 2.21. The molecule has 0 aromatic heterocycles. The van der Waals surface area contributed by atoms with Crippen LogP contribution in [-0.2, 0) is 6.54 Å². The molecule has 1 nitrogen and oxygen atoms in total. The predicted molar refractivity (Wildman–Crippen MR) is 70.1 cm³/mol. The van der Waals surface area contributed by atoms with Crippen LogP contribution in [0.2, 0.25) is 10.0 Å². The van der Waals surface area contributed by atoms with Crippen LogP contribution in [0.25, 0.3) is 0 Å². The Kier molecular flexibility index (Phi) is 4.04. The smallest absolute Gasteiger partial charge is 0.141 e. The summed E-state index contributed by atoms with van der Waals surface area (Å²) in [7, 11) is 0. The molecule has 0 radical (unpaired) electrons. The maximum absolute atomic E-state index is 12.9. The summed E-state index contributed by atoms with van der Waals surface area (Å²) < 4.78 is 25.9. The normalized spacial score (nSPS) is 10.4. The predicted octanol–water partition coefficient (Wildman–Crippen LogP) is 4.88. The third kappa shape index (κ3) is 3.12. The summed E-state index contributed by atoms with van der Waals surface area (Å²) in [5.41, 5.74) is 1.50. The number of benzene rings is 2. The van der Waals surface area contributed by atoms with Crippen molar-refractivity contribution in [1.82, 2.24) is 0 Å². The summed E-state index contributed by atoms with van der Waals surface area (Å²) in [6, 6.07) is 8.81. The lowest BCUT2D eigenvalue weighted by Crippen LogP contribution is -1.99. The number of halogens is 4. The highest BCUT2D eigenvalue weighted by Gasteiger charge is 2.03. The minimum atomic E-state index is -0.466. The third-order valence-electron chi connectivity index (χ3n) is 2.40. The van der Waals surface area contributed by atoms with Gasteiger partial charge in [0.15, 0.2) is 0 Å². The van der Waals surface area contributed by atoms with Gasteiger partial charge in [0.1, 0.15) is 11.6 Å². The lowest BCUT2D eigenvalue weighted by molar-refractivity contribution is 0.627. The Morgan fingerprint density at radius 1 is 0.889 bits per heavy atom. The lowest BCUT2D eigenvalue weighted by atomic mass is 10.2. The van der Waals surface area contributed by atoms with Gasteiger partial charge in [0.2, 0.25) is 0 Å². The Balaban J connectivity index is 2.06. The van der Waals surface area contributed by atoms with Crippen LogP contribution in [-0.4, -0.2) is 0 Å². The second-order valence-electron chi connectivity index (χ2n) is 3.73. The van der Waals surface area contributed by atoms with Crippen molar-refractivity contribution >= 4 is 28.9 Å². The zero-order valence-corrected chi connectivity index (χ0v) is 10.7. The minimum absolute atomic E-state index is 0.0529. The van der Waals surface area contributed by atoms with Gasteiger partial charge in [-0.15, -0.1) is 0 Å². The van der Waals surface area contributed by atoms with Gasteiger partial charge in [0.05, 0.1) is 10.0 Å². The molecule has 2 aromatic carbocycles. The van der Waals surface area contributed by atoms with E-state index in [4.69, 9.17) is 23.2 Å². The van der Waals surface area contributed by atoms with E-state index in [0.717, 1.165) is 5.56 Å². The number of nitrogens with one attached hydrogen (secondary N) is 1. The molecule has 0 aliphatic heterocycles. The molecule has 0 atom stereocenters. The molecule has 0 heterocycles. The van der Waals surface area contributed by atoms with Gasteiger partial charge in [0.25, 0.3) is 0 Å². The van der Waals surface area contributed by atoms with Crippen LogP contribution in [0.3, 0.4) is 0 Å². The van der Waals surface area contributed by atoms with Crippen molar-refractivity contribution in [3.63, 3.8) is 0 Å². The fourth-order valence-corrected chi connectivity index (χ4v) is 1.84. The molecule has 1 N–H and O–H groups in total. The maximum Gasteiger partial charge on any atom is 0.141 e. The molecule has 0 unspecified atom stereocenters. The van der Waals surface area contributed by atoms with Crippen molar-refractivity contribution in [3.8, 4) is 0 Å². The van der Waals surface area contributed by atoms with Crippen molar-refractivity contribution < 1.29 is 8.78 Å². The van der Waals surface area contributed by atoms with Gasteiger partial charge < -0.3 is 5.32 Å². The van der Waals surface area contributed by atoms with Crippen LogP contribution < -0.4 is 5.32 Å². The van der Waals surface area contributed by atoms with Crippen molar-refractivity contribution in [2.24, 2.45) is 0 Å². The molecule has 5 heteroatoms. The highest BCUT2D eigenvalue weighted by atomic mass is 35.5.